The SMILES string of the molecule is O=C(C[C@@H]1C=C[C@@H](NC(=O)C2CCC2)[C@H](CO)O1)NCc1ccccc1Cl. The minimum atomic E-state index is -0.555. The van der Waals surface area contributed by atoms with Crippen LogP contribution in [-0.4, -0.2) is 41.8 Å². The first-order chi connectivity index (χ1) is 13.1. The van der Waals surface area contributed by atoms with E-state index in [1.807, 2.05) is 24.3 Å². The molecular weight excluding hydrogens is 368 g/mol. The van der Waals surface area contributed by atoms with Crippen molar-refractivity contribution < 1.29 is 19.4 Å². The van der Waals surface area contributed by atoms with Crippen LogP contribution >= 0.6 is 11.6 Å². The van der Waals surface area contributed by atoms with Gasteiger partial charge in [-0.05, 0) is 24.5 Å². The Morgan fingerprint density at radius 1 is 1.22 bits per heavy atom. The second-order valence-corrected chi connectivity index (χ2v) is 7.42. The Morgan fingerprint density at radius 3 is 2.67 bits per heavy atom. The van der Waals surface area contributed by atoms with Crippen molar-refractivity contribution in [2.45, 2.75) is 50.5 Å². The highest BCUT2D eigenvalue weighted by Crippen LogP contribution is 2.27. The van der Waals surface area contributed by atoms with E-state index < -0.39 is 12.2 Å². The van der Waals surface area contributed by atoms with Gasteiger partial charge in [0.1, 0.15) is 6.10 Å². The standard InChI is InChI=1S/C20H25ClN2O4/c21-16-7-2-1-4-14(16)11-22-19(25)10-15-8-9-17(18(12-24)27-15)23-20(26)13-5-3-6-13/h1-2,4,7-9,13,15,17-18,24H,3,5-6,10-12H2,(H,22,25)(H,23,26)/t15-,17+,18-/m0/s1. The van der Waals surface area contributed by atoms with Gasteiger partial charge >= 0.3 is 0 Å². The van der Waals surface area contributed by atoms with Crippen LogP contribution < -0.4 is 10.6 Å². The van der Waals surface area contributed by atoms with Gasteiger partial charge in [0.25, 0.3) is 0 Å². The summed E-state index contributed by atoms with van der Waals surface area (Å²) in [5, 5.41) is 15.9. The minimum absolute atomic E-state index is 0.00822. The van der Waals surface area contributed by atoms with Crippen molar-refractivity contribution in [2.24, 2.45) is 5.92 Å². The van der Waals surface area contributed by atoms with Crippen molar-refractivity contribution in [2.75, 3.05) is 6.61 Å². The third-order valence-corrected chi connectivity index (χ3v) is 5.44. The number of hydrogen-bond acceptors (Lipinski definition) is 4. The molecule has 1 aromatic carbocycles. The molecule has 1 aromatic rings. The number of amides is 2. The molecule has 0 saturated heterocycles. The molecule has 2 aliphatic rings. The predicted octanol–water partition coefficient (Wildman–Crippen LogP) is 1.95. The van der Waals surface area contributed by atoms with Crippen molar-refractivity contribution in [3.05, 3.63) is 47.0 Å². The normalized spacial score (nSPS) is 24.9. The molecule has 1 heterocycles. The first-order valence-electron chi connectivity index (χ1n) is 9.32. The minimum Gasteiger partial charge on any atom is -0.394 e. The second-order valence-electron chi connectivity index (χ2n) is 7.01. The topological polar surface area (TPSA) is 87.7 Å². The number of carbonyl (C=O) groups is 2. The Balaban J connectivity index is 1.49. The number of ether oxygens (including phenoxy) is 1. The molecule has 1 fully saturated rings. The molecule has 6 nitrogen and oxygen atoms in total. The smallest absolute Gasteiger partial charge is 0.223 e. The van der Waals surface area contributed by atoms with E-state index in [1.165, 1.54) is 0 Å². The Labute approximate surface area is 163 Å². The molecule has 0 unspecified atom stereocenters. The van der Waals surface area contributed by atoms with E-state index in [4.69, 9.17) is 16.3 Å². The molecule has 146 valence electrons. The van der Waals surface area contributed by atoms with Gasteiger partial charge in [0.2, 0.25) is 11.8 Å². The summed E-state index contributed by atoms with van der Waals surface area (Å²) in [4.78, 5) is 24.3. The second kappa shape index (κ2) is 9.35. The van der Waals surface area contributed by atoms with Gasteiger partial charge in [-0.1, -0.05) is 48.4 Å². The van der Waals surface area contributed by atoms with Crippen molar-refractivity contribution in [3.8, 4) is 0 Å². The van der Waals surface area contributed by atoms with E-state index in [0.29, 0.717) is 11.6 Å². The van der Waals surface area contributed by atoms with Crippen LogP contribution in [0.5, 0.6) is 0 Å². The average Bonchev–Trinajstić information content (AvgIpc) is 2.60. The summed E-state index contributed by atoms with van der Waals surface area (Å²) in [7, 11) is 0. The van der Waals surface area contributed by atoms with Crippen LogP contribution in [0.25, 0.3) is 0 Å². The summed E-state index contributed by atoms with van der Waals surface area (Å²) in [5.41, 5.74) is 0.847. The first-order valence-corrected chi connectivity index (χ1v) is 9.69. The molecule has 27 heavy (non-hydrogen) atoms. The third kappa shape index (κ3) is 5.31. The Bertz CT molecular complexity index is 705. The fourth-order valence-corrected chi connectivity index (χ4v) is 3.38. The van der Waals surface area contributed by atoms with Gasteiger partial charge < -0.3 is 20.5 Å². The molecule has 3 rings (SSSR count). The number of hydrogen-bond donors (Lipinski definition) is 3. The maximum absolute atomic E-state index is 12.2. The number of benzene rings is 1. The van der Waals surface area contributed by atoms with Gasteiger partial charge in [-0.25, -0.2) is 0 Å². The molecule has 0 radical (unpaired) electrons. The van der Waals surface area contributed by atoms with E-state index in [2.05, 4.69) is 10.6 Å². The van der Waals surface area contributed by atoms with Crippen LogP contribution in [0.4, 0.5) is 0 Å². The van der Waals surface area contributed by atoms with Gasteiger partial charge in [-0.2, -0.15) is 0 Å². The average molecular weight is 393 g/mol. The number of nitrogens with one attached hydrogen (secondary N) is 2. The van der Waals surface area contributed by atoms with E-state index in [9.17, 15) is 14.7 Å². The molecule has 2 amide bonds. The fourth-order valence-electron chi connectivity index (χ4n) is 3.18. The number of aliphatic hydroxyl groups is 1. The zero-order valence-electron chi connectivity index (χ0n) is 15.1. The summed E-state index contributed by atoms with van der Waals surface area (Å²) in [5.74, 6) is -0.0850. The number of rotatable bonds is 7. The van der Waals surface area contributed by atoms with Crippen LogP contribution in [0, 0.1) is 5.92 Å². The highest BCUT2D eigenvalue weighted by atomic mass is 35.5. The molecular formula is C20H25ClN2O4. The molecule has 0 aromatic heterocycles. The van der Waals surface area contributed by atoms with Crippen LogP contribution in [0.15, 0.2) is 36.4 Å². The van der Waals surface area contributed by atoms with Gasteiger partial charge in [0.15, 0.2) is 0 Å². The Hall–Kier alpha value is -1.89. The zero-order valence-corrected chi connectivity index (χ0v) is 15.8. The molecule has 0 bridgehead atoms. The van der Waals surface area contributed by atoms with E-state index >= 15 is 0 Å². The van der Waals surface area contributed by atoms with E-state index in [0.717, 1.165) is 24.8 Å². The quantitative estimate of drug-likeness (QED) is 0.619. The predicted molar refractivity (Wildman–Crippen MR) is 102 cm³/mol. The van der Waals surface area contributed by atoms with E-state index in [1.54, 1.807) is 12.1 Å². The van der Waals surface area contributed by atoms with Gasteiger partial charge in [-0.3, -0.25) is 9.59 Å². The molecule has 7 heteroatoms. The Morgan fingerprint density at radius 2 is 2.00 bits per heavy atom. The van der Waals surface area contributed by atoms with E-state index in [-0.39, 0.29) is 36.8 Å². The molecule has 0 spiro atoms. The van der Waals surface area contributed by atoms with Crippen LogP contribution in [0.3, 0.4) is 0 Å². The molecule has 1 aliphatic carbocycles. The first kappa shape index (κ1) is 19.9. The summed E-state index contributed by atoms with van der Waals surface area (Å²) in [6.45, 7) is 0.121. The Kier molecular flexibility index (Phi) is 6.88. The monoisotopic (exact) mass is 392 g/mol. The number of halogens is 1. The maximum atomic E-state index is 12.2. The third-order valence-electron chi connectivity index (χ3n) is 5.07. The lowest BCUT2D eigenvalue weighted by molar-refractivity contribution is -0.132. The van der Waals surface area contributed by atoms with Crippen LogP contribution in [-0.2, 0) is 20.9 Å². The van der Waals surface area contributed by atoms with Crippen molar-refractivity contribution in [1.82, 2.24) is 10.6 Å². The van der Waals surface area contributed by atoms with Gasteiger partial charge in [0, 0.05) is 17.5 Å². The lowest BCUT2D eigenvalue weighted by Crippen LogP contribution is -2.51. The highest BCUT2D eigenvalue weighted by Gasteiger charge is 2.32. The largest absolute Gasteiger partial charge is 0.394 e. The summed E-state index contributed by atoms with van der Waals surface area (Å²) < 4.78 is 5.79. The molecule has 3 atom stereocenters. The number of aliphatic hydroxyl groups excluding tert-OH is 1. The van der Waals surface area contributed by atoms with Crippen LogP contribution in [0.2, 0.25) is 5.02 Å². The summed E-state index contributed by atoms with van der Waals surface area (Å²) >= 11 is 6.08. The molecule has 1 saturated carbocycles. The maximum Gasteiger partial charge on any atom is 0.223 e. The lowest BCUT2D eigenvalue weighted by atomic mass is 9.84. The zero-order chi connectivity index (χ0) is 19.2. The lowest BCUT2D eigenvalue weighted by Gasteiger charge is -2.33. The summed E-state index contributed by atoms with van der Waals surface area (Å²) in [6.07, 6.45) is 5.65. The summed E-state index contributed by atoms with van der Waals surface area (Å²) in [6, 6.07) is 6.97. The van der Waals surface area contributed by atoms with Gasteiger partial charge in [0.05, 0.1) is 25.2 Å². The number of carbonyl (C=O) groups excluding carboxylic acids is 2. The van der Waals surface area contributed by atoms with Crippen LogP contribution in [0.1, 0.15) is 31.2 Å². The van der Waals surface area contributed by atoms with Crippen molar-refractivity contribution >= 4 is 23.4 Å². The van der Waals surface area contributed by atoms with Gasteiger partial charge in [-0.15, -0.1) is 0 Å². The molecule has 1 aliphatic heterocycles. The van der Waals surface area contributed by atoms with Crippen molar-refractivity contribution in [3.63, 3.8) is 0 Å². The fraction of sp³-hybridized carbons (Fsp3) is 0.500. The van der Waals surface area contributed by atoms with Crippen molar-refractivity contribution in [1.29, 1.82) is 0 Å². The highest BCUT2D eigenvalue weighted by molar-refractivity contribution is 6.31. The molecule has 3 N–H and O–H groups in total.